The molecule has 2 aromatic carbocycles. The van der Waals surface area contributed by atoms with Crippen LogP contribution in [0.4, 0.5) is 0 Å². The Labute approximate surface area is 159 Å². The molecule has 138 valence electrons. The van der Waals surface area contributed by atoms with Gasteiger partial charge in [-0.05, 0) is 61.1 Å². The highest BCUT2D eigenvalue weighted by Crippen LogP contribution is 2.37. The number of hydrogen-bond donors (Lipinski definition) is 0. The second-order valence-electron chi connectivity index (χ2n) is 6.82. The summed E-state index contributed by atoms with van der Waals surface area (Å²) in [6.45, 7) is 10.5. The van der Waals surface area contributed by atoms with Crippen molar-refractivity contribution in [2.45, 2.75) is 32.8 Å². The molecule has 0 N–H and O–H groups in total. The van der Waals surface area contributed by atoms with Gasteiger partial charge in [0, 0.05) is 11.1 Å². The van der Waals surface area contributed by atoms with Crippen molar-refractivity contribution in [3.05, 3.63) is 77.9 Å². The van der Waals surface area contributed by atoms with Crippen LogP contribution in [0.2, 0.25) is 0 Å². The van der Waals surface area contributed by atoms with E-state index in [1.54, 1.807) is 26.0 Å². The Balaban J connectivity index is 1.76. The van der Waals surface area contributed by atoms with Crippen LogP contribution in [0.5, 0.6) is 5.75 Å². The molecule has 27 heavy (non-hydrogen) atoms. The molecule has 1 atom stereocenters. The summed E-state index contributed by atoms with van der Waals surface area (Å²) in [7, 11) is 0. The monoisotopic (exact) mass is 362 g/mol. The van der Waals surface area contributed by atoms with E-state index in [0.717, 1.165) is 29.5 Å². The molecule has 0 saturated carbocycles. The van der Waals surface area contributed by atoms with E-state index in [4.69, 9.17) is 9.47 Å². The average molecular weight is 362 g/mol. The first kappa shape index (κ1) is 18.6. The van der Waals surface area contributed by atoms with Crippen molar-refractivity contribution in [3.63, 3.8) is 0 Å². The third kappa shape index (κ3) is 4.17. The van der Waals surface area contributed by atoms with Crippen molar-refractivity contribution in [1.82, 2.24) is 0 Å². The molecule has 1 unspecified atom stereocenters. The van der Waals surface area contributed by atoms with Gasteiger partial charge in [0.25, 0.3) is 0 Å². The fraction of sp³-hybridized carbons (Fsp3) is 0.217. The second kappa shape index (κ2) is 7.62. The van der Waals surface area contributed by atoms with Crippen LogP contribution in [0.15, 0.2) is 66.8 Å². The first-order valence-corrected chi connectivity index (χ1v) is 8.82. The number of fused-ring (bicyclic) bond motifs is 1. The summed E-state index contributed by atoms with van der Waals surface area (Å²) >= 11 is 0. The van der Waals surface area contributed by atoms with Crippen molar-refractivity contribution in [3.8, 4) is 16.9 Å². The molecule has 3 rings (SSSR count). The minimum Gasteiger partial charge on any atom is -0.454 e. The minimum atomic E-state index is -0.435. The smallest absolute Gasteiger partial charge is 0.338 e. The molecule has 2 aromatic rings. The van der Waals surface area contributed by atoms with E-state index in [-0.39, 0.29) is 12.1 Å². The van der Waals surface area contributed by atoms with Gasteiger partial charge >= 0.3 is 11.9 Å². The van der Waals surface area contributed by atoms with Crippen molar-refractivity contribution in [2.24, 2.45) is 0 Å². The SMILES string of the molecule is C=C(C)C(=O)Oc1ccc(-c2ccc3c(c2)CCC3OC(=O)C(=C)C)cc1. The lowest BCUT2D eigenvalue weighted by atomic mass is 10.00. The quantitative estimate of drug-likeness (QED) is 0.429. The Morgan fingerprint density at radius 2 is 1.56 bits per heavy atom. The molecular formula is C23H22O4. The molecule has 0 saturated heterocycles. The van der Waals surface area contributed by atoms with Gasteiger partial charge in [-0.2, -0.15) is 0 Å². The van der Waals surface area contributed by atoms with E-state index in [0.29, 0.717) is 16.9 Å². The molecule has 0 aromatic heterocycles. The van der Waals surface area contributed by atoms with Gasteiger partial charge in [0.15, 0.2) is 0 Å². The number of aryl methyl sites for hydroxylation is 1. The van der Waals surface area contributed by atoms with E-state index >= 15 is 0 Å². The lowest BCUT2D eigenvalue weighted by Crippen LogP contribution is -2.09. The Morgan fingerprint density at radius 3 is 2.19 bits per heavy atom. The van der Waals surface area contributed by atoms with Gasteiger partial charge in [0.05, 0.1) is 0 Å². The molecule has 0 spiro atoms. The lowest BCUT2D eigenvalue weighted by Gasteiger charge is -2.14. The van der Waals surface area contributed by atoms with Crippen LogP contribution in [-0.2, 0) is 20.7 Å². The largest absolute Gasteiger partial charge is 0.454 e. The average Bonchev–Trinajstić information content (AvgIpc) is 3.04. The van der Waals surface area contributed by atoms with Crippen molar-refractivity contribution >= 4 is 11.9 Å². The van der Waals surface area contributed by atoms with Gasteiger partial charge in [-0.1, -0.05) is 43.5 Å². The van der Waals surface area contributed by atoms with E-state index in [1.165, 1.54) is 5.56 Å². The third-order valence-corrected chi connectivity index (χ3v) is 4.51. The number of ether oxygens (including phenoxy) is 2. The molecule has 1 aliphatic carbocycles. The molecule has 4 nitrogen and oxygen atoms in total. The highest BCUT2D eigenvalue weighted by Gasteiger charge is 2.26. The zero-order chi connectivity index (χ0) is 19.6. The third-order valence-electron chi connectivity index (χ3n) is 4.51. The maximum absolute atomic E-state index is 11.8. The first-order chi connectivity index (χ1) is 12.8. The zero-order valence-corrected chi connectivity index (χ0v) is 15.6. The predicted octanol–water partition coefficient (Wildman–Crippen LogP) is 4.94. The minimum absolute atomic E-state index is 0.206. The molecular weight excluding hydrogens is 340 g/mol. The van der Waals surface area contributed by atoms with Crippen LogP contribution < -0.4 is 4.74 Å². The van der Waals surface area contributed by atoms with Crippen LogP contribution in [-0.4, -0.2) is 11.9 Å². The fourth-order valence-corrected chi connectivity index (χ4v) is 3.02. The van der Waals surface area contributed by atoms with Gasteiger partial charge in [-0.25, -0.2) is 9.59 Å². The molecule has 0 fully saturated rings. The van der Waals surface area contributed by atoms with Gasteiger partial charge in [-0.15, -0.1) is 0 Å². The van der Waals surface area contributed by atoms with Crippen LogP contribution in [0.25, 0.3) is 11.1 Å². The number of carbonyl (C=O) groups excluding carboxylic acids is 2. The Morgan fingerprint density at radius 1 is 0.926 bits per heavy atom. The normalized spacial score (nSPS) is 15.0. The summed E-state index contributed by atoms with van der Waals surface area (Å²) in [5.74, 6) is -0.299. The number of esters is 2. The van der Waals surface area contributed by atoms with E-state index in [9.17, 15) is 9.59 Å². The number of benzene rings is 2. The van der Waals surface area contributed by atoms with Crippen LogP contribution in [0.1, 0.15) is 37.5 Å². The van der Waals surface area contributed by atoms with Crippen LogP contribution in [0.3, 0.4) is 0 Å². The second-order valence-corrected chi connectivity index (χ2v) is 6.82. The highest BCUT2D eigenvalue weighted by molar-refractivity contribution is 5.89. The number of carbonyl (C=O) groups is 2. The molecule has 4 heteroatoms. The lowest BCUT2D eigenvalue weighted by molar-refractivity contribution is -0.144. The fourth-order valence-electron chi connectivity index (χ4n) is 3.02. The standard InChI is InChI=1S/C23H22O4/c1-14(2)22(24)26-19-9-5-16(6-10-19)17-7-11-20-18(13-17)8-12-21(20)27-23(25)15(3)4/h5-7,9-11,13,21H,1,3,8,12H2,2,4H3. The molecule has 1 aliphatic rings. The molecule has 0 heterocycles. The molecule has 0 radical (unpaired) electrons. The van der Waals surface area contributed by atoms with Gasteiger partial charge in [0.1, 0.15) is 11.9 Å². The summed E-state index contributed by atoms with van der Waals surface area (Å²) in [4.78, 5) is 23.4. The molecule has 0 bridgehead atoms. The van der Waals surface area contributed by atoms with E-state index in [2.05, 4.69) is 19.2 Å². The Kier molecular flexibility index (Phi) is 5.26. The summed E-state index contributed by atoms with van der Waals surface area (Å²) in [6.07, 6.45) is 1.45. The Bertz CT molecular complexity index is 922. The van der Waals surface area contributed by atoms with E-state index < -0.39 is 5.97 Å². The maximum atomic E-state index is 11.8. The zero-order valence-electron chi connectivity index (χ0n) is 15.6. The molecule has 0 amide bonds. The van der Waals surface area contributed by atoms with Crippen LogP contribution in [0, 0.1) is 0 Å². The topological polar surface area (TPSA) is 52.6 Å². The Hall–Kier alpha value is -3.14. The summed E-state index contributed by atoms with van der Waals surface area (Å²) in [5, 5.41) is 0. The van der Waals surface area contributed by atoms with Gasteiger partial charge in [0.2, 0.25) is 0 Å². The van der Waals surface area contributed by atoms with Gasteiger partial charge < -0.3 is 9.47 Å². The summed E-state index contributed by atoms with van der Waals surface area (Å²) in [6, 6.07) is 13.5. The molecule has 0 aliphatic heterocycles. The van der Waals surface area contributed by atoms with Crippen molar-refractivity contribution in [1.29, 1.82) is 0 Å². The van der Waals surface area contributed by atoms with Crippen molar-refractivity contribution in [2.75, 3.05) is 0 Å². The first-order valence-electron chi connectivity index (χ1n) is 8.82. The number of hydrogen-bond acceptors (Lipinski definition) is 4. The maximum Gasteiger partial charge on any atom is 0.338 e. The number of rotatable bonds is 5. The van der Waals surface area contributed by atoms with Crippen LogP contribution >= 0.6 is 0 Å². The predicted molar refractivity (Wildman–Crippen MR) is 104 cm³/mol. The highest BCUT2D eigenvalue weighted by atomic mass is 16.5. The van der Waals surface area contributed by atoms with Gasteiger partial charge in [-0.3, -0.25) is 0 Å². The van der Waals surface area contributed by atoms with Crippen molar-refractivity contribution < 1.29 is 19.1 Å². The van der Waals surface area contributed by atoms with E-state index in [1.807, 2.05) is 24.3 Å². The summed E-state index contributed by atoms with van der Waals surface area (Å²) in [5.41, 5.74) is 5.10. The summed E-state index contributed by atoms with van der Waals surface area (Å²) < 4.78 is 10.7.